The Kier molecular flexibility index (Phi) is 5.48. The molecule has 2 N–H and O–H groups in total. The molecule has 0 saturated heterocycles. The molecule has 0 radical (unpaired) electrons. The molecule has 2 rings (SSSR count). The van der Waals surface area contributed by atoms with E-state index in [-0.39, 0.29) is 17.9 Å². The van der Waals surface area contributed by atoms with Crippen LogP contribution in [0.5, 0.6) is 0 Å². The molecule has 10 heteroatoms. The van der Waals surface area contributed by atoms with E-state index in [1.807, 2.05) is 0 Å². The Hall–Kier alpha value is -2.81. The molecule has 0 fully saturated rings. The fourth-order valence-corrected chi connectivity index (χ4v) is 2.13. The summed E-state index contributed by atoms with van der Waals surface area (Å²) in [6.07, 6.45) is -4.63. The molecule has 0 saturated carbocycles. The Balaban J connectivity index is 1.97. The van der Waals surface area contributed by atoms with Crippen LogP contribution in [0.25, 0.3) is 0 Å². The number of alkyl halides is 3. The van der Waals surface area contributed by atoms with Crippen LogP contribution in [0.1, 0.15) is 5.56 Å². The lowest BCUT2D eigenvalue weighted by Gasteiger charge is -2.12. The van der Waals surface area contributed by atoms with Crippen LogP contribution in [0.3, 0.4) is 0 Å². The van der Waals surface area contributed by atoms with Crippen molar-refractivity contribution in [2.45, 2.75) is 6.18 Å². The van der Waals surface area contributed by atoms with Crippen molar-refractivity contribution in [3.05, 3.63) is 63.2 Å². The maximum Gasteiger partial charge on any atom is 0.417 e. The van der Waals surface area contributed by atoms with Crippen molar-refractivity contribution in [3.8, 4) is 0 Å². The van der Waals surface area contributed by atoms with Gasteiger partial charge in [0.1, 0.15) is 0 Å². The van der Waals surface area contributed by atoms with Crippen molar-refractivity contribution >= 4 is 34.6 Å². The monoisotopic (exact) mass is 373 g/mol. The highest BCUT2D eigenvalue weighted by Gasteiger charge is 2.33. The first-order valence-corrected chi connectivity index (χ1v) is 7.19. The predicted molar refractivity (Wildman–Crippen MR) is 86.7 cm³/mol. The van der Waals surface area contributed by atoms with E-state index < -0.39 is 27.6 Å². The van der Waals surface area contributed by atoms with Crippen LogP contribution in [0, 0.1) is 10.1 Å². The highest BCUT2D eigenvalue weighted by Crippen LogP contribution is 2.36. The topological polar surface area (TPSA) is 84.3 Å². The van der Waals surface area contributed by atoms with Gasteiger partial charge in [-0.05, 0) is 30.3 Å². The molecule has 0 bridgehead atoms. The highest BCUT2D eigenvalue weighted by atomic mass is 35.5. The molecule has 2 aromatic rings. The van der Waals surface area contributed by atoms with Gasteiger partial charge in [0, 0.05) is 23.5 Å². The first kappa shape index (κ1) is 18.5. The molecule has 0 aliphatic rings. The van der Waals surface area contributed by atoms with Gasteiger partial charge in [0.05, 0.1) is 22.1 Å². The second kappa shape index (κ2) is 7.39. The molecule has 25 heavy (non-hydrogen) atoms. The van der Waals surface area contributed by atoms with E-state index in [9.17, 15) is 28.1 Å². The normalized spacial score (nSPS) is 11.0. The largest absolute Gasteiger partial charge is 0.417 e. The minimum atomic E-state index is -4.63. The molecule has 1 amide bonds. The van der Waals surface area contributed by atoms with Crippen molar-refractivity contribution < 1.29 is 22.9 Å². The van der Waals surface area contributed by atoms with Gasteiger partial charge in [-0.15, -0.1) is 0 Å². The minimum Gasteiger partial charge on any atom is -0.376 e. The van der Waals surface area contributed by atoms with Gasteiger partial charge in [0.25, 0.3) is 5.69 Å². The van der Waals surface area contributed by atoms with Crippen LogP contribution in [0.4, 0.5) is 30.2 Å². The van der Waals surface area contributed by atoms with Crippen molar-refractivity contribution in [1.29, 1.82) is 0 Å². The number of nitrogens with zero attached hydrogens (tertiary/aromatic N) is 1. The predicted octanol–water partition coefficient (Wildman–Crippen LogP) is 4.32. The summed E-state index contributed by atoms with van der Waals surface area (Å²) in [5, 5.41) is 15.1. The Morgan fingerprint density at radius 2 is 1.72 bits per heavy atom. The van der Waals surface area contributed by atoms with E-state index in [0.717, 1.165) is 12.1 Å². The van der Waals surface area contributed by atoms with Gasteiger partial charge in [-0.25, -0.2) is 0 Å². The Morgan fingerprint density at radius 3 is 2.28 bits per heavy atom. The molecule has 0 spiro atoms. The second-order valence-electron chi connectivity index (χ2n) is 4.90. The third-order valence-electron chi connectivity index (χ3n) is 3.09. The molecular weight excluding hydrogens is 363 g/mol. The maximum absolute atomic E-state index is 12.8. The van der Waals surface area contributed by atoms with Gasteiger partial charge in [0.15, 0.2) is 0 Å². The minimum absolute atomic E-state index is 0.0489. The third kappa shape index (κ3) is 5.08. The van der Waals surface area contributed by atoms with Crippen molar-refractivity contribution in [2.75, 3.05) is 17.2 Å². The summed E-state index contributed by atoms with van der Waals surface area (Å²) in [5.41, 5.74) is -0.744. The lowest BCUT2D eigenvalue weighted by molar-refractivity contribution is -0.384. The number of carbonyl (C=O) groups excluding carboxylic acids is 1. The zero-order valence-electron chi connectivity index (χ0n) is 12.4. The average Bonchev–Trinajstić information content (AvgIpc) is 2.54. The third-order valence-corrected chi connectivity index (χ3v) is 3.42. The van der Waals surface area contributed by atoms with Crippen molar-refractivity contribution in [1.82, 2.24) is 0 Å². The number of non-ortho nitro benzene ring substituents is 1. The molecule has 132 valence electrons. The fourth-order valence-electron chi connectivity index (χ4n) is 1.91. The van der Waals surface area contributed by atoms with E-state index in [0.29, 0.717) is 5.69 Å². The van der Waals surface area contributed by atoms with Crippen LogP contribution in [0.2, 0.25) is 5.02 Å². The molecular formula is C15H11ClF3N3O3. The molecule has 0 aliphatic carbocycles. The summed E-state index contributed by atoms with van der Waals surface area (Å²) in [7, 11) is 0. The van der Waals surface area contributed by atoms with E-state index in [1.165, 1.54) is 30.3 Å². The Labute approximate surface area is 144 Å². The van der Waals surface area contributed by atoms with Crippen molar-refractivity contribution in [3.63, 3.8) is 0 Å². The summed E-state index contributed by atoms with van der Waals surface area (Å²) in [6, 6.07) is 8.38. The molecule has 0 aromatic heterocycles. The van der Waals surface area contributed by atoms with Crippen LogP contribution >= 0.6 is 11.6 Å². The van der Waals surface area contributed by atoms with Gasteiger partial charge in [-0.2, -0.15) is 13.2 Å². The lowest BCUT2D eigenvalue weighted by Crippen LogP contribution is -2.22. The van der Waals surface area contributed by atoms with E-state index in [4.69, 9.17) is 11.6 Å². The SMILES string of the molecule is O=C(CNc1ccc([N+](=O)[O-])cc1)Nc1ccc(Cl)c(C(F)(F)F)c1. The van der Waals surface area contributed by atoms with Gasteiger partial charge < -0.3 is 10.6 Å². The highest BCUT2D eigenvalue weighted by molar-refractivity contribution is 6.31. The Bertz CT molecular complexity index is 795. The number of halogens is 4. The standard InChI is InChI=1S/C15H11ClF3N3O3/c16-13-6-3-10(7-12(13)15(17,18)19)21-14(23)8-20-9-1-4-11(5-2-9)22(24)25/h1-7,20H,8H2,(H,21,23). The molecule has 2 aromatic carbocycles. The number of carbonyl (C=O) groups is 1. The molecule has 0 unspecified atom stereocenters. The number of hydrogen-bond donors (Lipinski definition) is 2. The zero-order chi connectivity index (χ0) is 18.6. The number of nitro groups is 1. The first-order valence-electron chi connectivity index (χ1n) is 6.82. The van der Waals surface area contributed by atoms with Gasteiger partial charge in [-0.1, -0.05) is 11.6 Å². The first-order chi connectivity index (χ1) is 11.7. The lowest BCUT2D eigenvalue weighted by atomic mass is 10.2. The zero-order valence-corrected chi connectivity index (χ0v) is 13.2. The number of amides is 1. The Morgan fingerprint density at radius 1 is 1.12 bits per heavy atom. The molecule has 0 aliphatic heterocycles. The number of anilines is 2. The number of rotatable bonds is 5. The molecule has 0 heterocycles. The number of nitrogens with one attached hydrogen (secondary N) is 2. The van der Waals surface area contributed by atoms with Crippen LogP contribution < -0.4 is 10.6 Å². The van der Waals surface area contributed by atoms with E-state index in [1.54, 1.807) is 0 Å². The summed E-state index contributed by atoms with van der Waals surface area (Å²) in [4.78, 5) is 21.8. The number of nitro benzene ring substituents is 1. The smallest absolute Gasteiger partial charge is 0.376 e. The summed E-state index contributed by atoms with van der Waals surface area (Å²) >= 11 is 5.50. The number of hydrogen-bond acceptors (Lipinski definition) is 4. The number of benzene rings is 2. The fraction of sp³-hybridized carbons (Fsp3) is 0.133. The quantitative estimate of drug-likeness (QED) is 0.604. The van der Waals surface area contributed by atoms with Crippen LogP contribution in [0.15, 0.2) is 42.5 Å². The van der Waals surface area contributed by atoms with Crippen LogP contribution in [-0.4, -0.2) is 17.4 Å². The summed E-state index contributed by atoms with van der Waals surface area (Å²) < 4.78 is 38.3. The summed E-state index contributed by atoms with van der Waals surface area (Å²) in [6.45, 7) is -0.234. The molecule has 6 nitrogen and oxygen atoms in total. The maximum atomic E-state index is 12.8. The molecule has 0 atom stereocenters. The summed E-state index contributed by atoms with van der Waals surface area (Å²) in [5.74, 6) is -0.589. The van der Waals surface area contributed by atoms with Gasteiger partial charge in [0.2, 0.25) is 5.91 Å². The van der Waals surface area contributed by atoms with Gasteiger partial charge in [-0.3, -0.25) is 14.9 Å². The van der Waals surface area contributed by atoms with Crippen molar-refractivity contribution in [2.24, 2.45) is 0 Å². The van der Waals surface area contributed by atoms with E-state index >= 15 is 0 Å². The average molecular weight is 374 g/mol. The second-order valence-corrected chi connectivity index (χ2v) is 5.31. The van der Waals surface area contributed by atoms with Crippen LogP contribution in [-0.2, 0) is 11.0 Å². The van der Waals surface area contributed by atoms with E-state index in [2.05, 4.69) is 10.6 Å². The van der Waals surface area contributed by atoms with Gasteiger partial charge >= 0.3 is 6.18 Å².